The number of carbonyl (C=O) groups is 1. The van der Waals surface area contributed by atoms with Crippen molar-refractivity contribution in [2.24, 2.45) is 5.73 Å². The molecule has 2 aromatic heterocycles. The van der Waals surface area contributed by atoms with Gasteiger partial charge in [0.05, 0.1) is 41.8 Å². The zero-order chi connectivity index (χ0) is 32.0. The molecular weight excluding hydrogens is 594 g/mol. The van der Waals surface area contributed by atoms with Crippen LogP contribution < -0.4 is 15.4 Å². The third kappa shape index (κ3) is 6.06. The molecule has 1 aliphatic rings. The molecule has 0 saturated heterocycles. The number of rotatable bonds is 6. The minimum atomic E-state index is -4.87. The molecule has 4 aromatic rings. The summed E-state index contributed by atoms with van der Waals surface area (Å²) in [4.78, 5) is 18.3. The zero-order valence-corrected chi connectivity index (χ0v) is 23.0. The molecular formula is C29H22F6N6O3. The lowest BCUT2D eigenvalue weighted by atomic mass is 9.96. The number of alkyl halides is 5. The fraction of sp³-hybridized carbons (Fsp3) is 0.276. The molecule has 5 rings (SSSR count). The quantitative estimate of drug-likeness (QED) is 0.261. The first-order valence-corrected chi connectivity index (χ1v) is 12.9. The summed E-state index contributed by atoms with van der Waals surface area (Å²) in [6, 6.07) is 10.7. The lowest BCUT2D eigenvalue weighted by Gasteiger charge is -2.25. The zero-order valence-electron chi connectivity index (χ0n) is 23.0. The van der Waals surface area contributed by atoms with Crippen LogP contribution in [0.2, 0.25) is 0 Å². The van der Waals surface area contributed by atoms with Crippen molar-refractivity contribution in [3.05, 3.63) is 77.6 Å². The van der Waals surface area contributed by atoms with Crippen molar-refractivity contribution in [2.75, 3.05) is 4.90 Å². The van der Waals surface area contributed by atoms with E-state index in [1.54, 1.807) is 24.3 Å². The SMILES string of the molecule is CC(C)(C#N)c1nnc(-c2cc3c(cc2F)C(F)(F)C[C@@H](N)C(=O)N3Cc2ccc(-c3ccc(OC(F)(F)F)cn3)cc2)o1. The third-order valence-corrected chi connectivity index (χ3v) is 6.86. The van der Waals surface area contributed by atoms with E-state index < -0.39 is 53.2 Å². The van der Waals surface area contributed by atoms with Gasteiger partial charge in [-0.2, -0.15) is 5.26 Å². The van der Waals surface area contributed by atoms with E-state index in [4.69, 9.17) is 10.2 Å². The fourth-order valence-electron chi connectivity index (χ4n) is 4.54. The number of fused-ring (bicyclic) bond motifs is 1. The minimum Gasteiger partial charge on any atom is -0.419 e. The summed E-state index contributed by atoms with van der Waals surface area (Å²) in [6.45, 7) is 2.75. The number of nitriles is 1. The van der Waals surface area contributed by atoms with E-state index in [2.05, 4.69) is 19.9 Å². The number of ether oxygens (including phenoxy) is 1. The Morgan fingerprint density at radius 2 is 1.84 bits per heavy atom. The van der Waals surface area contributed by atoms with E-state index in [9.17, 15) is 23.2 Å². The molecule has 0 aliphatic carbocycles. The number of nitrogens with zero attached hydrogens (tertiary/aromatic N) is 5. The predicted molar refractivity (Wildman–Crippen MR) is 142 cm³/mol. The third-order valence-electron chi connectivity index (χ3n) is 6.86. The topological polar surface area (TPSA) is 131 Å². The predicted octanol–water partition coefficient (Wildman–Crippen LogP) is 5.99. The fourth-order valence-corrected chi connectivity index (χ4v) is 4.54. The van der Waals surface area contributed by atoms with Crippen molar-refractivity contribution in [1.29, 1.82) is 5.26 Å². The lowest BCUT2D eigenvalue weighted by molar-refractivity contribution is -0.274. The molecule has 0 fully saturated rings. The van der Waals surface area contributed by atoms with Gasteiger partial charge in [0.1, 0.15) is 17.0 Å². The van der Waals surface area contributed by atoms with Crippen molar-refractivity contribution in [3.63, 3.8) is 0 Å². The number of benzene rings is 2. The molecule has 2 aromatic carbocycles. The molecule has 2 N–H and O–H groups in total. The van der Waals surface area contributed by atoms with Crippen LogP contribution in [-0.4, -0.2) is 33.5 Å². The van der Waals surface area contributed by atoms with Gasteiger partial charge >= 0.3 is 6.36 Å². The molecule has 3 heterocycles. The summed E-state index contributed by atoms with van der Waals surface area (Å²) >= 11 is 0. The van der Waals surface area contributed by atoms with Gasteiger partial charge in [0.2, 0.25) is 11.8 Å². The van der Waals surface area contributed by atoms with Crippen molar-refractivity contribution in [3.8, 4) is 34.5 Å². The molecule has 1 atom stereocenters. The number of hydrogen-bond donors (Lipinski definition) is 1. The Kier molecular flexibility index (Phi) is 7.58. The summed E-state index contributed by atoms with van der Waals surface area (Å²) < 4.78 is 92.4. The summed E-state index contributed by atoms with van der Waals surface area (Å²) in [5, 5.41) is 16.9. The molecule has 0 unspecified atom stereocenters. The van der Waals surface area contributed by atoms with Gasteiger partial charge in [-0.25, -0.2) is 13.2 Å². The number of halogens is 6. The van der Waals surface area contributed by atoms with Gasteiger partial charge in [-0.1, -0.05) is 24.3 Å². The van der Waals surface area contributed by atoms with Crippen LogP contribution in [0.5, 0.6) is 5.75 Å². The van der Waals surface area contributed by atoms with E-state index >= 15 is 13.2 Å². The summed E-state index contributed by atoms with van der Waals surface area (Å²) in [5.41, 5.74) is 4.49. The van der Waals surface area contributed by atoms with E-state index in [0.29, 0.717) is 22.9 Å². The number of pyridine rings is 1. The van der Waals surface area contributed by atoms with Crippen molar-refractivity contribution in [2.45, 2.75) is 50.6 Å². The largest absolute Gasteiger partial charge is 0.573 e. The second-order valence-electron chi connectivity index (χ2n) is 10.6. The van der Waals surface area contributed by atoms with E-state index in [1.165, 1.54) is 19.9 Å². The van der Waals surface area contributed by atoms with Crippen LogP contribution in [0.1, 0.15) is 37.3 Å². The molecule has 0 spiro atoms. The van der Waals surface area contributed by atoms with Gasteiger partial charge in [0.15, 0.2) is 0 Å². The average Bonchev–Trinajstić information content (AvgIpc) is 3.44. The average molecular weight is 617 g/mol. The summed E-state index contributed by atoms with van der Waals surface area (Å²) in [7, 11) is 0. The van der Waals surface area contributed by atoms with Crippen LogP contribution in [0.25, 0.3) is 22.7 Å². The number of hydrogen-bond acceptors (Lipinski definition) is 8. The van der Waals surface area contributed by atoms with Crippen LogP contribution in [-0.2, 0) is 22.7 Å². The summed E-state index contributed by atoms with van der Waals surface area (Å²) in [5.74, 6) is -6.62. The Morgan fingerprint density at radius 1 is 1.14 bits per heavy atom. The van der Waals surface area contributed by atoms with Crippen LogP contribution >= 0.6 is 0 Å². The maximum absolute atomic E-state index is 15.3. The molecule has 44 heavy (non-hydrogen) atoms. The van der Waals surface area contributed by atoms with E-state index in [-0.39, 0.29) is 29.6 Å². The Labute approximate surface area is 245 Å². The molecule has 1 amide bonds. The minimum absolute atomic E-state index is 0.123. The molecule has 9 nitrogen and oxygen atoms in total. The highest BCUT2D eigenvalue weighted by molar-refractivity contribution is 5.99. The first-order valence-electron chi connectivity index (χ1n) is 12.9. The molecule has 228 valence electrons. The Bertz CT molecular complexity index is 1750. The monoisotopic (exact) mass is 616 g/mol. The molecule has 0 bridgehead atoms. The van der Waals surface area contributed by atoms with Crippen LogP contribution in [0.3, 0.4) is 0 Å². The first-order chi connectivity index (χ1) is 20.6. The van der Waals surface area contributed by atoms with Crippen LogP contribution in [0, 0.1) is 17.1 Å². The van der Waals surface area contributed by atoms with Gasteiger partial charge in [-0.05, 0) is 43.7 Å². The van der Waals surface area contributed by atoms with Gasteiger partial charge < -0.3 is 19.8 Å². The molecule has 1 aliphatic heterocycles. The number of anilines is 1. The Morgan fingerprint density at radius 3 is 2.45 bits per heavy atom. The molecule has 0 radical (unpaired) electrons. The van der Waals surface area contributed by atoms with E-state index in [1.807, 2.05) is 6.07 Å². The second-order valence-corrected chi connectivity index (χ2v) is 10.6. The van der Waals surface area contributed by atoms with Gasteiger partial charge in [0, 0.05) is 17.5 Å². The van der Waals surface area contributed by atoms with Crippen LogP contribution in [0.4, 0.5) is 32.0 Å². The molecule has 15 heteroatoms. The van der Waals surface area contributed by atoms with Gasteiger partial charge in [0.25, 0.3) is 11.8 Å². The lowest BCUT2D eigenvalue weighted by Crippen LogP contribution is -2.43. The van der Waals surface area contributed by atoms with E-state index in [0.717, 1.165) is 23.2 Å². The van der Waals surface area contributed by atoms with Gasteiger partial charge in [-0.3, -0.25) is 9.78 Å². The number of carbonyl (C=O) groups excluding carboxylic acids is 1. The number of aromatic nitrogens is 3. The Hall–Kier alpha value is -4.97. The standard InChI is InChI=1S/C29H22F6N6O3/c1-27(2,14-36)26-40-39-24(43-26)18-9-23-19(10-20(18)30)28(31,32)11-21(37)25(42)41(23)13-15-3-5-16(6-4-15)22-8-7-17(12-38-22)44-29(33,34)35/h3-10,12,21H,11,13,37H2,1-2H3/t21-/m1/s1. The van der Waals surface area contributed by atoms with Crippen molar-refractivity contribution < 1.29 is 40.3 Å². The highest BCUT2D eigenvalue weighted by Crippen LogP contribution is 2.45. The highest BCUT2D eigenvalue weighted by atomic mass is 19.4. The summed E-state index contributed by atoms with van der Waals surface area (Å²) in [6.07, 6.45) is -5.01. The molecule has 0 saturated carbocycles. The maximum Gasteiger partial charge on any atom is 0.573 e. The van der Waals surface area contributed by atoms with Crippen LogP contribution in [0.15, 0.2) is 59.1 Å². The van der Waals surface area contributed by atoms with Crippen molar-refractivity contribution >= 4 is 11.6 Å². The highest BCUT2D eigenvalue weighted by Gasteiger charge is 2.45. The second kappa shape index (κ2) is 10.9. The first kappa shape index (κ1) is 30.5. The van der Waals surface area contributed by atoms with Gasteiger partial charge in [-0.15, -0.1) is 23.4 Å². The smallest absolute Gasteiger partial charge is 0.419 e. The van der Waals surface area contributed by atoms with Crippen molar-refractivity contribution in [1.82, 2.24) is 15.2 Å². The maximum atomic E-state index is 15.3. The normalized spacial score (nSPS) is 16.7. The number of amides is 1. The number of nitrogens with two attached hydrogens (primary N) is 1. The Balaban J connectivity index is 1.49.